The maximum atomic E-state index is 15.5. The van der Waals surface area contributed by atoms with Gasteiger partial charge in [-0.2, -0.15) is 4.98 Å². The van der Waals surface area contributed by atoms with Gasteiger partial charge in [0.25, 0.3) is 15.6 Å². The van der Waals surface area contributed by atoms with Crippen LogP contribution in [0.25, 0.3) is 22.2 Å². The van der Waals surface area contributed by atoms with E-state index in [4.69, 9.17) is 11.6 Å². The lowest BCUT2D eigenvalue weighted by Gasteiger charge is -2.14. The molecule has 3 heterocycles. The number of nitrogens with one attached hydrogen (secondary N) is 4. The van der Waals surface area contributed by atoms with Gasteiger partial charge in [-0.15, -0.1) is 0 Å². The molecule has 0 saturated carbocycles. The highest BCUT2D eigenvalue weighted by atomic mass is 35.5. The third-order valence-electron chi connectivity index (χ3n) is 4.69. The van der Waals surface area contributed by atoms with Crippen molar-refractivity contribution in [3.8, 4) is 11.1 Å². The van der Waals surface area contributed by atoms with Gasteiger partial charge in [-0.05, 0) is 18.2 Å². The van der Waals surface area contributed by atoms with E-state index in [2.05, 4.69) is 35.3 Å². The Labute approximate surface area is 192 Å². The first-order chi connectivity index (χ1) is 15.7. The first-order valence-corrected chi connectivity index (χ1v) is 11.3. The fraction of sp³-hybridized carbons (Fsp3) is 0.100. The number of anilines is 3. The van der Waals surface area contributed by atoms with Crippen LogP contribution in [-0.4, -0.2) is 42.4 Å². The maximum Gasteiger partial charge on any atom is 0.268 e. The molecule has 0 amide bonds. The van der Waals surface area contributed by atoms with Crippen molar-refractivity contribution in [2.24, 2.45) is 0 Å². The molecule has 0 spiro atoms. The van der Waals surface area contributed by atoms with Gasteiger partial charge in [0.2, 0.25) is 5.95 Å². The Bertz CT molecular complexity index is 1540. The van der Waals surface area contributed by atoms with Crippen molar-refractivity contribution >= 4 is 50.1 Å². The molecule has 0 fully saturated rings. The van der Waals surface area contributed by atoms with Gasteiger partial charge in [0.05, 0.1) is 10.7 Å². The number of aromatic nitrogens is 4. The fourth-order valence-electron chi connectivity index (χ4n) is 3.14. The second-order valence-corrected chi connectivity index (χ2v) is 8.86. The molecule has 33 heavy (non-hydrogen) atoms. The van der Waals surface area contributed by atoms with Crippen molar-refractivity contribution in [2.75, 3.05) is 29.5 Å². The SMILES string of the molecule is CNc1ncc2cc(-c3cccc(NS(=O)(=O)c4cc(Cl)c[nH]c4=O)c3F)c(NC)nc2n1. The third-order valence-corrected chi connectivity index (χ3v) is 6.27. The first-order valence-electron chi connectivity index (χ1n) is 9.46. The minimum Gasteiger partial charge on any atom is -0.373 e. The molecule has 4 rings (SSSR count). The number of pyridine rings is 2. The summed E-state index contributed by atoms with van der Waals surface area (Å²) < 4.78 is 43.1. The summed E-state index contributed by atoms with van der Waals surface area (Å²) >= 11 is 5.80. The number of halogens is 2. The molecule has 0 bridgehead atoms. The molecule has 4 aromatic rings. The monoisotopic (exact) mass is 489 g/mol. The van der Waals surface area contributed by atoms with Gasteiger partial charge in [0.15, 0.2) is 16.4 Å². The molecule has 0 atom stereocenters. The van der Waals surface area contributed by atoms with Crippen LogP contribution in [0.3, 0.4) is 0 Å². The Morgan fingerprint density at radius 2 is 1.88 bits per heavy atom. The van der Waals surface area contributed by atoms with Gasteiger partial charge in [-0.3, -0.25) is 9.52 Å². The van der Waals surface area contributed by atoms with Gasteiger partial charge in [-0.1, -0.05) is 23.7 Å². The minimum atomic E-state index is -4.42. The predicted molar refractivity (Wildman–Crippen MR) is 125 cm³/mol. The highest BCUT2D eigenvalue weighted by Crippen LogP contribution is 2.34. The standard InChI is InChI=1S/C20H17ClFN7O3S/c1-23-18-13(6-10-8-26-20(24-2)28-17(10)27-18)12-4-3-5-14(16(12)22)29-33(31,32)15-7-11(21)9-25-19(15)30/h3-9,29H,1-2H3,(H,25,30)(H2,23,24,26,27,28). The van der Waals surface area contributed by atoms with E-state index in [-0.39, 0.29) is 16.3 Å². The second kappa shape index (κ2) is 8.64. The number of H-pyrrole nitrogens is 1. The van der Waals surface area contributed by atoms with E-state index in [1.807, 2.05) is 0 Å². The van der Waals surface area contributed by atoms with Crippen molar-refractivity contribution in [1.29, 1.82) is 0 Å². The largest absolute Gasteiger partial charge is 0.373 e. The molecular formula is C20H17ClFN7O3S. The first kappa shape index (κ1) is 22.4. The van der Waals surface area contributed by atoms with Gasteiger partial charge in [-0.25, -0.2) is 22.8 Å². The molecule has 0 aliphatic rings. The van der Waals surface area contributed by atoms with Gasteiger partial charge in [0, 0.05) is 43.0 Å². The lowest BCUT2D eigenvalue weighted by molar-refractivity contribution is 0.597. The Kier molecular flexibility index (Phi) is 5.87. The van der Waals surface area contributed by atoms with Crippen molar-refractivity contribution < 1.29 is 12.8 Å². The molecule has 4 N–H and O–H groups in total. The number of fused-ring (bicyclic) bond motifs is 1. The molecule has 0 saturated heterocycles. The van der Waals surface area contributed by atoms with Crippen molar-refractivity contribution in [3.05, 3.63) is 63.9 Å². The topological polar surface area (TPSA) is 142 Å². The number of hydrogen-bond donors (Lipinski definition) is 4. The lowest BCUT2D eigenvalue weighted by atomic mass is 10.0. The number of aromatic amines is 1. The fourth-order valence-corrected chi connectivity index (χ4v) is 4.51. The zero-order chi connectivity index (χ0) is 23.8. The van der Waals surface area contributed by atoms with E-state index >= 15 is 4.39 Å². The number of hydrogen-bond acceptors (Lipinski definition) is 8. The summed E-state index contributed by atoms with van der Waals surface area (Å²) in [5.41, 5.74) is -0.409. The Balaban J connectivity index is 1.81. The van der Waals surface area contributed by atoms with Gasteiger partial charge >= 0.3 is 0 Å². The van der Waals surface area contributed by atoms with Crippen LogP contribution in [0, 0.1) is 5.82 Å². The number of sulfonamides is 1. The summed E-state index contributed by atoms with van der Waals surface area (Å²) in [6, 6.07) is 6.82. The molecule has 10 nitrogen and oxygen atoms in total. The summed E-state index contributed by atoms with van der Waals surface area (Å²) in [5.74, 6) is -0.151. The molecule has 0 aliphatic carbocycles. The highest BCUT2D eigenvalue weighted by molar-refractivity contribution is 7.92. The molecule has 170 valence electrons. The van der Waals surface area contributed by atoms with Gasteiger partial charge < -0.3 is 15.6 Å². The van der Waals surface area contributed by atoms with E-state index in [1.54, 1.807) is 26.4 Å². The molecule has 3 aromatic heterocycles. The van der Waals surface area contributed by atoms with Crippen LogP contribution in [0.5, 0.6) is 0 Å². The smallest absolute Gasteiger partial charge is 0.268 e. The highest BCUT2D eigenvalue weighted by Gasteiger charge is 2.23. The molecule has 0 unspecified atom stereocenters. The van der Waals surface area contributed by atoms with E-state index in [0.29, 0.717) is 28.4 Å². The van der Waals surface area contributed by atoms with Crippen molar-refractivity contribution in [1.82, 2.24) is 19.9 Å². The Morgan fingerprint density at radius 1 is 1.09 bits per heavy atom. The molecular weight excluding hydrogens is 473 g/mol. The zero-order valence-electron chi connectivity index (χ0n) is 17.3. The molecule has 1 aromatic carbocycles. The number of benzene rings is 1. The van der Waals surface area contributed by atoms with E-state index in [9.17, 15) is 13.2 Å². The quantitative estimate of drug-likeness (QED) is 0.324. The van der Waals surface area contributed by atoms with Crippen LogP contribution in [0.1, 0.15) is 0 Å². The number of rotatable bonds is 6. The van der Waals surface area contributed by atoms with Gasteiger partial charge in [0.1, 0.15) is 5.82 Å². The average molecular weight is 490 g/mol. The van der Waals surface area contributed by atoms with Crippen LogP contribution in [-0.2, 0) is 10.0 Å². The normalized spacial score (nSPS) is 11.4. The van der Waals surface area contributed by atoms with Crippen LogP contribution in [0.15, 0.2) is 52.4 Å². The summed E-state index contributed by atoms with van der Waals surface area (Å²) in [7, 11) is -1.13. The maximum absolute atomic E-state index is 15.5. The summed E-state index contributed by atoms with van der Waals surface area (Å²) in [4.78, 5) is 26.4. The molecule has 0 aliphatic heterocycles. The Morgan fingerprint density at radius 3 is 2.61 bits per heavy atom. The molecule has 13 heteroatoms. The summed E-state index contributed by atoms with van der Waals surface area (Å²) in [6.45, 7) is 0. The predicted octanol–water partition coefficient (Wildman–Crippen LogP) is 3.06. The lowest BCUT2D eigenvalue weighted by Crippen LogP contribution is -2.23. The average Bonchev–Trinajstić information content (AvgIpc) is 2.80. The molecule has 0 radical (unpaired) electrons. The third kappa shape index (κ3) is 4.30. The van der Waals surface area contributed by atoms with Crippen LogP contribution < -0.4 is 20.9 Å². The van der Waals surface area contributed by atoms with Crippen LogP contribution in [0.4, 0.5) is 21.8 Å². The van der Waals surface area contributed by atoms with E-state index in [1.165, 1.54) is 18.2 Å². The number of nitrogens with zero attached hydrogens (tertiary/aromatic N) is 3. The van der Waals surface area contributed by atoms with Crippen molar-refractivity contribution in [3.63, 3.8) is 0 Å². The summed E-state index contributed by atoms with van der Waals surface area (Å²) in [5, 5.41) is 6.28. The van der Waals surface area contributed by atoms with Crippen LogP contribution in [0.2, 0.25) is 5.02 Å². The Hall–Kier alpha value is -3.77. The van der Waals surface area contributed by atoms with E-state index in [0.717, 1.165) is 12.3 Å². The zero-order valence-corrected chi connectivity index (χ0v) is 18.8. The summed E-state index contributed by atoms with van der Waals surface area (Å²) in [6.07, 6.45) is 2.69. The van der Waals surface area contributed by atoms with Crippen LogP contribution >= 0.6 is 11.6 Å². The van der Waals surface area contributed by atoms with Crippen molar-refractivity contribution in [2.45, 2.75) is 4.90 Å². The second-order valence-electron chi connectivity index (χ2n) is 6.77. The minimum absolute atomic E-state index is 0.00810. The van der Waals surface area contributed by atoms with E-state index < -0.39 is 26.3 Å².